The van der Waals surface area contributed by atoms with Gasteiger partial charge in [-0.3, -0.25) is 14.5 Å². The van der Waals surface area contributed by atoms with Crippen LogP contribution < -0.4 is 5.73 Å². The SMILES string of the molecule is CC(C)Cc1nc(CN(CC(N)=O)CC(=O)O)no1. The monoisotopic (exact) mass is 270 g/mol. The molecule has 0 bridgehead atoms. The van der Waals surface area contributed by atoms with Crippen LogP contribution in [-0.2, 0) is 22.6 Å². The Kier molecular flexibility index (Phi) is 5.43. The van der Waals surface area contributed by atoms with Gasteiger partial charge in [-0.1, -0.05) is 19.0 Å². The van der Waals surface area contributed by atoms with Crippen molar-refractivity contribution in [2.75, 3.05) is 13.1 Å². The molecule has 106 valence electrons. The zero-order valence-corrected chi connectivity index (χ0v) is 11.0. The Labute approximate surface area is 110 Å². The summed E-state index contributed by atoms with van der Waals surface area (Å²) in [5.41, 5.74) is 5.06. The van der Waals surface area contributed by atoms with Crippen LogP contribution in [0.1, 0.15) is 25.6 Å². The Hall–Kier alpha value is -1.96. The summed E-state index contributed by atoms with van der Waals surface area (Å²) in [7, 11) is 0. The average Bonchev–Trinajstić information content (AvgIpc) is 2.61. The number of carboxylic acid groups (broad SMARTS) is 1. The number of aliphatic carboxylic acids is 1. The van der Waals surface area contributed by atoms with Crippen molar-refractivity contribution < 1.29 is 19.2 Å². The Morgan fingerprint density at radius 1 is 1.42 bits per heavy atom. The smallest absolute Gasteiger partial charge is 0.317 e. The standard InChI is InChI=1S/C11H18N4O4/c1-7(2)3-10-13-9(14-19-10)5-15(4-8(12)16)6-11(17)18/h7H,3-6H2,1-2H3,(H2,12,16)(H,17,18). The molecule has 0 radical (unpaired) electrons. The van der Waals surface area contributed by atoms with Crippen molar-refractivity contribution in [3.05, 3.63) is 11.7 Å². The minimum atomic E-state index is -1.05. The van der Waals surface area contributed by atoms with E-state index in [9.17, 15) is 9.59 Å². The minimum absolute atomic E-state index is 0.108. The molecule has 1 heterocycles. The van der Waals surface area contributed by atoms with E-state index in [1.54, 1.807) is 0 Å². The van der Waals surface area contributed by atoms with E-state index < -0.39 is 11.9 Å². The normalized spacial score (nSPS) is 11.2. The van der Waals surface area contributed by atoms with Crippen LogP contribution >= 0.6 is 0 Å². The first-order valence-electron chi connectivity index (χ1n) is 5.90. The molecule has 8 nitrogen and oxygen atoms in total. The summed E-state index contributed by atoms with van der Waals surface area (Å²) >= 11 is 0. The van der Waals surface area contributed by atoms with E-state index in [-0.39, 0.29) is 19.6 Å². The fourth-order valence-corrected chi connectivity index (χ4v) is 1.57. The molecule has 0 saturated carbocycles. The molecular formula is C11H18N4O4. The Balaban J connectivity index is 2.64. The van der Waals surface area contributed by atoms with Crippen LogP contribution in [0.4, 0.5) is 0 Å². The van der Waals surface area contributed by atoms with E-state index in [2.05, 4.69) is 10.1 Å². The molecule has 3 N–H and O–H groups in total. The van der Waals surface area contributed by atoms with Gasteiger partial charge in [-0.2, -0.15) is 4.98 Å². The molecule has 0 aliphatic heterocycles. The van der Waals surface area contributed by atoms with E-state index >= 15 is 0 Å². The van der Waals surface area contributed by atoms with Gasteiger partial charge in [-0.05, 0) is 5.92 Å². The maximum Gasteiger partial charge on any atom is 0.317 e. The lowest BCUT2D eigenvalue weighted by Crippen LogP contribution is -2.37. The molecule has 1 aromatic heterocycles. The summed E-state index contributed by atoms with van der Waals surface area (Å²) in [5, 5.41) is 12.5. The molecular weight excluding hydrogens is 252 g/mol. The van der Waals surface area contributed by atoms with Gasteiger partial charge < -0.3 is 15.4 Å². The van der Waals surface area contributed by atoms with Crippen LogP contribution in [0, 0.1) is 5.92 Å². The summed E-state index contributed by atoms with van der Waals surface area (Å²) in [5.74, 6) is -0.425. The fraction of sp³-hybridized carbons (Fsp3) is 0.636. The van der Waals surface area contributed by atoms with Crippen molar-refractivity contribution >= 4 is 11.9 Å². The highest BCUT2D eigenvalue weighted by Gasteiger charge is 2.16. The van der Waals surface area contributed by atoms with Gasteiger partial charge >= 0.3 is 5.97 Å². The number of carboxylic acids is 1. The molecule has 8 heteroatoms. The number of hydrogen-bond donors (Lipinski definition) is 2. The van der Waals surface area contributed by atoms with E-state index in [0.29, 0.717) is 24.1 Å². The number of rotatable bonds is 8. The summed E-state index contributed by atoms with van der Waals surface area (Å²) in [6, 6.07) is 0. The lowest BCUT2D eigenvalue weighted by Gasteiger charge is -2.15. The highest BCUT2D eigenvalue weighted by atomic mass is 16.5. The van der Waals surface area contributed by atoms with E-state index in [0.717, 1.165) is 0 Å². The molecule has 0 atom stereocenters. The molecule has 0 spiro atoms. The van der Waals surface area contributed by atoms with Crippen molar-refractivity contribution in [1.82, 2.24) is 15.0 Å². The van der Waals surface area contributed by atoms with Crippen LogP contribution in [0.5, 0.6) is 0 Å². The second-order valence-electron chi connectivity index (χ2n) is 4.71. The Morgan fingerprint density at radius 3 is 2.63 bits per heavy atom. The molecule has 1 amide bonds. The first kappa shape index (κ1) is 15.1. The molecule has 1 aromatic rings. The Bertz CT molecular complexity index is 428. The summed E-state index contributed by atoms with van der Waals surface area (Å²) in [4.78, 5) is 27.0. The fourth-order valence-electron chi connectivity index (χ4n) is 1.57. The highest BCUT2D eigenvalue weighted by Crippen LogP contribution is 2.07. The van der Waals surface area contributed by atoms with Crippen LogP contribution in [0.25, 0.3) is 0 Å². The number of primary amides is 1. The molecule has 1 rings (SSSR count). The number of amides is 1. The van der Waals surface area contributed by atoms with Crippen LogP contribution in [0.2, 0.25) is 0 Å². The Morgan fingerprint density at radius 2 is 2.11 bits per heavy atom. The van der Waals surface area contributed by atoms with Gasteiger partial charge in [0.05, 0.1) is 19.6 Å². The number of nitrogens with zero attached hydrogens (tertiary/aromatic N) is 3. The maximum absolute atomic E-state index is 10.9. The molecule has 19 heavy (non-hydrogen) atoms. The van der Waals surface area contributed by atoms with Crippen molar-refractivity contribution in [1.29, 1.82) is 0 Å². The van der Waals surface area contributed by atoms with Crippen molar-refractivity contribution in [3.63, 3.8) is 0 Å². The number of carbonyl (C=O) groups is 2. The molecule has 0 aromatic carbocycles. The van der Waals surface area contributed by atoms with Crippen LogP contribution in [0.3, 0.4) is 0 Å². The van der Waals surface area contributed by atoms with Crippen molar-refractivity contribution in [2.24, 2.45) is 11.7 Å². The molecule has 0 saturated heterocycles. The lowest BCUT2D eigenvalue weighted by molar-refractivity contribution is -0.138. The van der Waals surface area contributed by atoms with Crippen molar-refractivity contribution in [2.45, 2.75) is 26.8 Å². The third-order valence-corrected chi connectivity index (χ3v) is 2.20. The largest absolute Gasteiger partial charge is 0.480 e. The van der Waals surface area contributed by atoms with Gasteiger partial charge in [0.15, 0.2) is 5.82 Å². The number of aromatic nitrogens is 2. The third kappa shape index (κ3) is 5.96. The van der Waals surface area contributed by atoms with Gasteiger partial charge in [-0.25, -0.2) is 0 Å². The molecule has 0 fully saturated rings. The van der Waals surface area contributed by atoms with Gasteiger partial charge in [0, 0.05) is 6.42 Å². The summed E-state index contributed by atoms with van der Waals surface area (Å²) in [6.45, 7) is 3.68. The average molecular weight is 270 g/mol. The van der Waals surface area contributed by atoms with E-state index in [1.165, 1.54) is 4.90 Å². The van der Waals surface area contributed by atoms with E-state index in [4.69, 9.17) is 15.4 Å². The van der Waals surface area contributed by atoms with Crippen molar-refractivity contribution in [3.8, 4) is 0 Å². The van der Waals surface area contributed by atoms with Gasteiger partial charge in [0.2, 0.25) is 11.8 Å². The zero-order valence-electron chi connectivity index (χ0n) is 11.0. The summed E-state index contributed by atoms with van der Waals surface area (Å²) in [6.07, 6.45) is 0.655. The number of carbonyl (C=O) groups excluding carboxylic acids is 1. The minimum Gasteiger partial charge on any atom is -0.480 e. The topological polar surface area (TPSA) is 123 Å². The highest BCUT2D eigenvalue weighted by molar-refractivity contribution is 5.77. The lowest BCUT2D eigenvalue weighted by atomic mass is 10.1. The molecule has 0 aliphatic carbocycles. The zero-order chi connectivity index (χ0) is 14.4. The summed E-state index contributed by atoms with van der Waals surface area (Å²) < 4.78 is 5.03. The predicted molar refractivity (Wildman–Crippen MR) is 64.9 cm³/mol. The third-order valence-electron chi connectivity index (χ3n) is 2.20. The van der Waals surface area contributed by atoms with Crippen LogP contribution in [-0.4, -0.2) is 45.1 Å². The first-order chi connectivity index (χ1) is 8.86. The van der Waals surface area contributed by atoms with Crippen LogP contribution in [0.15, 0.2) is 4.52 Å². The maximum atomic E-state index is 10.9. The molecule has 0 aliphatic rings. The van der Waals surface area contributed by atoms with Gasteiger partial charge in [0.25, 0.3) is 0 Å². The number of hydrogen-bond acceptors (Lipinski definition) is 6. The van der Waals surface area contributed by atoms with Gasteiger partial charge in [0.1, 0.15) is 0 Å². The second-order valence-corrected chi connectivity index (χ2v) is 4.71. The second kappa shape index (κ2) is 6.83. The molecule has 0 unspecified atom stereocenters. The van der Waals surface area contributed by atoms with Gasteiger partial charge in [-0.15, -0.1) is 0 Å². The number of nitrogens with two attached hydrogens (primary N) is 1. The predicted octanol–water partition coefficient (Wildman–Crippen LogP) is -0.360. The van der Waals surface area contributed by atoms with E-state index in [1.807, 2.05) is 13.8 Å². The quantitative estimate of drug-likeness (QED) is 0.661. The first-order valence-corrected chi connectivity index (χ1v) is 5.90.